The topological polar surface area (TPSA) is 46.5 Å². The highest BCUT2D eigenvalue weighted by Crippen LogP contribution is 2.30. The van der Waals surface area contributed by atoms with Crippen molar-refractivity contribution in [3.63, 3.8) is 0 Å². The number of ether oxygens (including phenoxy) is 1. The van der Waals surface area contributed by atoms with E-state index < -0.39 is 5.97 Å². The summed E-state index contributed by atoms with van der Waals surface area (Å²) in [5, 5.41) is 9.39. The van der Waals surface area contributed by atoms with E-state index in [2.05, 4.69) is 0 Å². The minimum Gasteiger partial charge on any atom is -0.489 e. The lowest BCUT2D eigenvalue weighted by atomic mass is 10.0. The van der Waals surface area contributed by atoms with E-state index in [0.717, 1.165) is 22.4 Å². The van der Waals surface area contributed by atoms with Crippen molar-refractivity contribution in [1.29, 1.82) is 0 Å². The number of carboxylic acids is 1. The van der Waals surface area contributed by atoms with Gasteiger partial charge in [-0.2, -0.15) is 0 Å². The van der Waals surface area contributed by atoms with E-state index in [1.807, 2.05) is 60.7 Å². The monoisotopic (exact) mass is 352 g/mol. The first-order valence-corrected chi connectivity index (χ1v) is 8.27. The molecule has 0 amide bonds. The van der Waals surface area contributed by atoms with Crippen LogP contribution in [0.2, 0.25) is 5.02 Å². The normalized spacial score (nSPS) is 10.4. The van der Waals surface area contributed by atoms with Gasteiger partial charge in [-0.1, -0.05) is 66.2 Å². The Morgan fingerprint density at radius 2 is 1.64 bits per heavy atom. The molecule has 0 aliphatic carbocycles. The average molecular weight is 353 g/mol. The Morgan fingerprint density at radius 3 is 2.28 bits per heavy atom. The molecule has 126 valence electrons. The third-order valence-corrected chi connectivity index (χ3v) is 4.12. The molecular weight excluding hydrogens is 336 g/mol. The van der Waals surface area contributed by atoms with Gasteiger partial charge >= 0.3 is 5.97 Å². The summed E-state index contributed by atoms with van der Waals surface area (Å²) >= 11 is 6.30. The zero-order valence-corrected chi connectivity index (χ0v) is 14.2. The maximum atomic E-state index is 10.8. The molecule has 1 N–H and O–H groups in total. The van der Waals surface area contributed by atoms with Crippen molar-refractivity contribution >= 4 is 17.6 Å². The zero-order chi connectivity index (χ0) is 17.6. The number of rotatable bonds is 6. The molecule has 3 nitrogen and oxygen atoms in total. The highest BCUT2D eigenvalue weighted by atomic mass is 35.5. The predicted molar refractivity (Wildman–Crippen MR) is 99.0 cm³/mol. The van der Waals surface area contributed by atoms with Crippen LogP contribution in [0.25, 0.3) is 11.1 Å². The molecule has 0 radical (unpaired) electrons. The molecular formula is C21H17ClO3. The van der Waals surface area contributed by atoms with Gasteiger partial charge in [-0.3, -0.25) is 4.79 Å². The molecule has 0 saturated heterocycles. The Morgan fingerprint density at radius 1 is 0.920 bits per heavy atom. The van der Waals surface area contributed by atoms with Gasteiger partial charge in [-0.15, -0.1) is 0 Å². The molecule has 0 atom stereocenters. The van der Waals surface area contributed by atoms with Crippen molar-refractivity contribution in [3.8, 4) is 16.9 Å². The van der Waals surface area contributed by atoms with Crippen LogP contribution in [0.5, 0.6) is 5.75 Å². The maximum Gasteiger partial charge on any atom is 0.307 e. The molecule has 0 spiro atoms. The second-order valence-corrected chi connectivity index (χ2v) is 6.09. The van der Waals surface area contributed by atoms with Gasteiger partial charge in [0.25, 0.3) is 0 Å². The van der Waals surface area contributed by atoms with E-state index in [-0.39, 0.29) is 6.42 Å². The fourth-order valence-electron chi connectivity index (χ4n) is 2.55. The Kier molecular flexibility index (Phi) is 5.36. The van der Waals surface area contributed by atoms with Gasteiger partial charge < -0.3 is 9.84 Å². The predicted octanol–water partition coefficient (Wildman–Crippen LogP) is 5.21. The van der Waals surface area contributed by atoms with Crippen molar-refractivity contribution in [2.24, 2.45) is 0 Å². The van der Waals surface area contributed by atoms with Crippen molar-refractivity contribution < 1.29 is 14.6 Å². The average Bonchev–Trinajstić information content (AvgIpc) is 2.61. The van der Waals surface area contributed by atoms with E-state index in [9.17, 15) is 4.79 Å². The molecule has 0 bridgehead atoms. The van der Waals surface area contributed by atoms with Crippen molar-refractivity contribution in [3.05, 3.63) is 88.9 Å². The van der Waals surface area contributed by atoms with Crippen LogP contribution in [0.1, 0.15) is 11.1 Å². The second kappa shape index (κ2) is 7.86. The van der Waals surface area contributed by atoms with Crippen LogP contribution in [0, 0.1) is 0 Å². The third-order valence-electron chi connectivity index (χ3n) is 3.80. The number of aliphatic carboxylic acids is 1. The van der Waals surface area contributed by atoms with E-state index in [1.54, 1.807) is 12.1 Å². The van der Waals surface area contributed by atoms with Gasteiger partial charge in [0, 0.05) is 10.6 Å². The summed E-state index contributed by atoms with van der Waals surface area (Å²) in [6.45, 7) is 0.519. The van der Waals surface area contributed by atoms with Gasteiger partial charge in [0.05, 0.1) is 6.42 Å². The Hall–Kier alpha value is -2.78. The quantitative estimate of drug-likeness (QED) is 0.662. The summed E-state index contributed by atoms with van der Waals surface area (Å²) in [5.74, 6) is -0.0880. The van der Waals surface area contributed by atoms with Crippen LogP contribution < -0.4 is 4.74 Å². The Balaban J connectivity index is 1.70. The number of carboxylic acid groups (broad SMARTS) is 1. The van der Waals surface area contributed by atoms with E-state index in [0.29, 0.717) is 17.2 Å². The molecule has 0 aliphatic heterocycles. The number of benzene rings is 3. The number of carbonyl (C=O) groups is 1. The van der Waals surface area contributed by atoms with E-state index >= 15 is 0 Å². The van der Waals surface area contributed by atoms with Crippen molar-refractivity contribution in [2.45, 2.75) is 13.0 Å². The van der Waals surface area contributed by atoms with E-state index in [1.165, 1.54) is 0 Å². The standard InChI is InChI=1S/C21H17ClO3/c22-20-12-16(13-21(23)24)6-11-19(20)17-7-9-18(10-8-17)25-14-15-4-2-1-3-5-15/h1-12H,13-14H2,(H,23,24). The molecule has 25 heavy (non-hydrogen) atoms. The molecule has 0 unspecified atom stereocenters. The van der Waals surface area contributed by atoms with Crippen LogP contribution >= 0.6 is 11.6 Å². The molecule has 4 heteroatoms. The lowest BCUT2D eigenvalue weighted by Gasteiger charge is -2.09. The first-order valence-electron chi connectivity index (χ1n) is 7.89. The second-order valence-electron chi connectivity index (χ2n) is 5.68. The van der Waals surface area contributed by atoms with Crippen molar-refractivity contribution in [2.75, 3.05) is 0 Å². The molecule has 0 aliphatic rings. The first kappa shape index (κ1) is 17.1. The summed E-state index contributed by atoms with van der Waals surface area (Å²) in [5.41, 5.74) is 3.62. The first-order chi connectivity index (χ1) is 12.1. The molecule has 0 saturated carbocycles. The number of hydrogen-bond donors (Lipinski definition) is 1. The van der Waals surface area contributed by atoms with Gasteiger partial charge in [-0.05, 0) is 34.9 Å². The molecule has 3 aromatic rings. The lowest BCUT2D eigenvalue weighted by molar-refractivity contribution is -0.136. The minimum absolute atomic E-state index is 0.0355. The molecule has 0 heterocycles. The summed E-state index contributed by atoms with van der Waals surface area (Å²) in [6, 6.07) is 23.0. The molecule has 0 fully saturated rings. The van der Waals surface area contributed by atoms with Crippen LogP contribution in [0.15, 0.2) is 72.8 Å². The minimum atomic E-state index is -0.872. The number of hydrogen-bond acceptors (Lipinski definition) is 2. The molecule has 3 aromatic carbocycles. The Labute approximate surface area is 151 Å². The SMILES string of the molecule is O=C(O)Cc1ccc(-c2ccc(OCc3ccccc3)cc2)c(Cl)c1. The Bertz CT molecular complexity index is 858. The van der Waals surface area contributed by atoms with Gasteiger partial charge in [0.1, 0.15) is 12.4 Å². The summed E-state index contributed by atoms with van der Waals surface area (Å²) in [6.07, 6.45) is -0.0355. The molecule has 0 aromatic heterocycles. The lowest BCUT2D eigenvalue weighted by Crippen LogP contribution is -1.99. The zero-order valence-electron chi connectivity index (χ0n) is 13.5. The third kappa shape index (κ3) is 4.61. The smallest absolute Gasteiger partial charge is 0.307 e. The summed E-state index contributed by atoms with van der Waals surface area (Å²) in [4.78, 5) is 10.8. The van der Waals surface area contributed by atoms with Crippen molar-refractivity contribution in [1.82, 2.24) is 0 Å². The van der Waals surface area contributed by atoms with Gasteiger partial charge in [-0.25, -0.2) is 0 Å². The highest BCUT2D eigenvalue weighted by Gasteiger charge is 2.07. The fourth-order valence-corrected chi connectivity index (χ4v) is 2.86. The van der Waals surface area contributed by atoms with Crippen LogP contribution in [0.4, 0.5) is 0 Å². The van der Waals surface area contributed by atoms with E-state index in [4.69, 9.17) is 21.4 Å². The maximum absolute atomic E-state index is 10.8. The van der Waals surface area contributed by atoms with Gasteiger partial charge in [0.15, 0.2) is 0 Å². The summed E-state index contributed by atoms with van der Waals surface area (Å²) in [7, 11) is 0. The largest absolute Gasteiger partial charge is 0.489 e. The van der Waals surface area contributed by atoms with Crippen LogP contribution in [-0.4, -0.2) is 11.1 Å². The highest BCUT2D eigenvalue weighted by molar-refractivity contribution is 6.33. The number of halogens is 1. The van der Waals surface area contributed by atoms with Crippen LogP contribution in [0.3, 0.4) is 0 Å². The fraction of sp³-hybridized carbons (Fsp3) is 0.0952. The van der Waals surface area contributed by atoms with Gasteiger partial charge in [0.2, 0.25) is 0 Å². The van der Waals surface area contributed by atoms with Crippen LogP contribution in [-0.2, 0) is 17.8 Å². The molecule has 3 rings (SSSR count). The summed E-state index contributed by atoms with van der Waals surface area (Å²) < 4.78 is 5.78.